The highest BCUT2D eigenvalue weighted by molar-refractivity contribution is 7.84. The minimum Gasteiger partial charge on any atom is -0.493 e. The Morgan fingerprint density at radius 3 is 2.86 bits per heavy atom. The van der Waals surface area contributed by atoms with Crippen LogP contribution in [0.1, 0.15) is 28.0 Å². The number of ether oxygens (including phenoxy) is 2. The molecule has 0 aliphatic heterocycles. The van der Waals surface area contributed by atoms with Gasteiger partial charge in [0.2, 0.25) is 0 Å². The minimum absolute atomic E-state index is 0.0674. The molecule has 0 aliphatic rings. The molecule has 1 atom stereocenters. The van der Waals surface area contributed by atoms with Gasteiger partial charge in [-0.2, -0.15) is 0 Å². The van der Waals surface area contributed by atoms with Crippen molar-refractivity contribution >= 4 is 27.8 Å². The van der Waals surface area contributed by atoms with Gasteiger partial charge in [0.1, 0.15) is 11.3 Å². The van der Waals surface area contributed by atoms with Gasteiger partial charge in [0, 0.05) is 31.9 Å². The van der Waals surface area contributed by atoms with Gasteiger partial charge < -0.3 is 19.6 Å². The fourth-order valence-electron chi connectivity index (χ4n) is 2.73. The van der Waals surface area contributed by atoms with Crippen molar-refractivity contribution in [3.63, 3.8) is 0 Å². The molecule has 2 aromatic heterocycles. The SMILES string of the molecule is COCCCOc1ccnc(CS(=O)c2nc3c(C(=O)O)cccc3[nH]2)c1C. The van der Waals surface area contributed by atoms with E-state index in [4.69, 9.17) is 9.47 Å². The van der Waals surface area contributed by atoms with Crippen molar-refractivity contribution in [3.05, 3.63) is 47.3 Å². The molecule has 0 saturated carbocycles. The number of carboxylic acid groups (broad SMARTS) is 1. The average Bonchev–Trinajstić information content (AvgIpc) is 3.12. The van der Waals surface area contributed by atoms with Crippen molar-refractivity contribution in [2.75, 3.05) is 20.3 Å². The molecule has 0 amide bonds. The molecule has 28 heavy (non-hydrogen) atoms. The number of carboxylic acids is 1. The molecule has 148 valence electrons. The van der Waals surface area contributed by atoms with Crippen molar-refractivity contribution in [2.45, 2.75) is 24.3 Å². The highest BCUT2D eigenvalue weighted by Gasteiger charge is 2.17. The summed E-state index contributed by atoms with van der Waals surface area (Å²) in [6, 6.07) is 6.56. The number of benzene rings is 1. The fourth-order valence-corrected chi connectivity index (χ4v) is 3.82. The molecule has 1 unspecified atom stereocenters. The Kier molecular flexibility index (Phi) is 6.37. The van der Waals surface area contributed by atoms with E-state index in [1.165, 1.54) is 6.07 Å². The van der Waals surface area contributed by atoms with E-state index in [1.807, 2.05) is 6.92 Å². The van der Waals surface area contributed by atoms with E-state index >= 15 is 0 Å². The van der Waals surface area contributed by atoms with Gasteiger partial charge in [-0.15, -0.1) is 0 Å². The Balaban J connectivity index is 1.79. The molecule has 8 nitrogen and oxygen atoms in total. The van der Waals surface area contributed by atoms with Gasteiger partial charge in [0.05, 0.1) is 39.9 Å². The number of rotatable bonds is 9. The zero-order valence-corrected chi connectivity index (χ0v) is 16.4. The van der Waals surface area contributed by atoms with E-state index in [9.17, 15) is 14.1 Å². The van der Waals surface area contributed by atoms with Crippen LogP contribution >= 0.6 is 0 Å². The highest BCUT2D eigenvalue weighted by Crippen LogP contribution is 2.23. The predicted molar refractivity (Wildman–Crippen MR) is 104 cm³/mol. The molecule has 0 aliphatic carbocycles. The number of fused-ring (bicyclic) bond motifs is 1. The minimum atomic E-state index is -1.51. The lowest BCUT2D eigenvalue weighted by atomic mass is 10.2. The smallest absolute Gasteiger partial charge is 0.337 e. The fraction of sp³-hybridized carbons (Fsp3) is 0.316. The number of methoxy groups -OCH3 is 1. The first kappa shape index (κ1) is 20.0. The molecular weight excluding hydrogens is 382 g/mol. The van der Waals surface area contributed by atoms with Crippen LogP contribution in [0.5, 0.6) is 5.75 Å². The summed E-state index contributed by atoms with van der Waals surface area (Å²) in [6.45, 7) is 3.00. The van der Waals surface area contributed by atoms with E-state index < -0.39 is 16.8 Å². The molecule has 2 heterocycles. The molecular formula is C19H21N3O5S. The van der Waals surface area contributed by atoms with Crippen LogP contribution in [0.15, 0.2) is 35.6 Å². The lowest BCUT2D eigenvalue weighted by Gasteiger charge is -2.11. The molecule has 1 aromatic carbocycles. The van der Waals surface area contributed by atoms with Crippen LogP contribution in [0, 0.1) is 6.92 Å². The number of aromatic amines is 1. The highest BCUT2D eigenvalue weighted by atomic mass is 32.2. The number of nitrogens with zero attached hydrogens (tertiary/aromatic N) is 2. The second-order valence-corrected chi connectivity index (χ2v) is 7.48. The molecule has 3 rings (SSSR count). The number of hydrogen-bond donors (Lipinski definition) is 2. The summed E-state index contributed by atoms with van der Waals surface area (Å²) >= 11 is 0. The maximum atomic E-state index is 12.8. The van der Waals surface area contributed by atoms with Gasteiger partial charge in [-0.25, -0.2) is 9.78 Å². The van der Waals surface area contributed by atoms with Crippen molar-refractivity contribution < 1.29 is 23.6 Å². The van der Waals surface area contributed by atoms with E-state index in [1.54, 1.807) is 31.5 Å². The molecule has 0 bridgehead atoms. The largest absolute Gasteiger partial charge is 0.493 e. The third-order valence-electron chi connectivity index (χ3n) is 4.21. The summed E-state index contributed by atoms with van der Waals surface area (Å²) < 4.78 is 23.6. The number of carbonyl (C=O) groups is 1. The van der Waals surface area contributed by atoms with Gasteiger partial charge in [0.15, 0.2) is 5.16 Å². The summed E-state index contributed by atoms with van der Waals surface area (Å²) in [5, 5.41) is 9.49. The van der Waals surface area contributed by atoms with Gasteiger partial charge in [-0.1, -0.05) is 6.07 Å². The molecule has 0 saturated heterocycles. The number of hydrogen-bond acceptors (Lipinski definition) is 6. The zero-order valence-electron chi connectivity index (χ0n) is 15.6. The number of aromatic nitrogens is 3. The first-order valence-corrected chi connectivity index (χ1v) is 9.99. The number of imidazole rings is 1. The lowest BCUT2D eigenvalue weighted by molar-refractivity contribution is 0.0699. The zero-order chi connectivity index (χ0) is 20.1. The van der Waals surface area contributed by atoms with Crippen LogP contribution in [0.4, 0.5) is 0 Å². The Hall–Kier alpha value is -2.78. The Morgan fingerprint density at radius 1 is 1.29 bits per heavy atom. The normalized spacial score (nSPS) is 12.2. The molecule has 3 aromatic rings. The van der Waals surface area contributed by atoms with Gasteiger partial charge in [-0.3, -0.25) is 9.19 Å². The molecule has 0 radical (unpaired) electrons. The van der Waals surface area contributed by atoms with Crippen LogP contribution in [0.3, 0.4) is 0 Å². The van der Waals surface area contributed by atoms with E-state index in [-0.39, 0.29) is 16.5 Å². The van der Waals surface area contributed by atoms with Crippen molar-refractivity contribution in [3.8, 4) is 5.75 Å². The first-order valence-electron chi connectivity index (χ1n) is 8.68. The number of nitrogens with one attached hydrogen (secondary N) is 1. The second-order valence-electron chi connectivity index (χ2n) is 6.11. The summed E-state index contributed by atoms with van der Waals surface area (Å²) in [5.41, 5.74) is 2.34. The van der Waals surface area contributed by atoms with Crippen LogP contribution < -0.4 is 4.74 Å². The van der Waals surface area contributed by atoms with Crippen molar-refractivity contribution in [1.82, 2.24) is 15.0 Å². The molecule has 0 fully saturated rings. The summed E-state index contributed by atoms with van der Waals surface area (Å²) in [4.78, 5) is 22.8. The van der Waals surface area contributed by atoms with Crippen molar-refractivity contribution in [1.29, 1.82) is 0 Å². The number of para-hydroxylation sites is 1. The maximum absolute atomic E-state index is 12.8. The van der Waals surface area contributed by atoms with E-state index in [0.717, 1.165) is 12.0 Å². The summed E-state index contributed by atoms with van der Waals surface area (Å²) in [5.74, 6) is -0.246. The quantitative estimate of drug-likeness (QED) is 0.528. The Morgan fingerprint density at radius 2 is 2.11 bits per heavy atom. The van der Waals surface area contributed by atoms with Crippen LogP contribution in [-0.2, 0) is 21.3 Å². The van der Waals surface area contributed by atoms with Gasteiger partial charge in [-0.05, 0) is 25.1 Å². The van der Waals surface area contributed by atoms with Crippen LogP contribution in [0.25, 0.3) is 11.0 Å². The number of H-pyrrole nitrogens is 1. The Bertz CT molecular complexity index is 1020. The van der Waals surface area contributed by atoms with E-state index in [0.29, 0.717) is 35.7 Å². The average molecular weight is 403 g/mol. The van der Waals surface area contributed by atoms with Crippen molar-refractivity contribution in [2.24, 2.45) is 0 Å². The molecule has 9 heteroatoms. The topological polar surface area (TPSA) is 114 Å². The third kappa shape index (κ3) is 4.37. The number of aromatic carboxylic acids is 1. The number of pyridine rings is 1. The standard InChI is InChI=1S/C19H21N3O5S/c1-12-15(20-8-7-16(12)27-10-4-9-26-2)11-28(25)19-21-14-6-3-5-13(18(23)24)17(14)22-19/h3,5-8H,4,9-11H2,1-2H3,(H,21,22)(H,23,24). The van der Waals surface area contributed by atoms with Gasteiger partial charge >= 0.3 is 5.97 Å². The van der Waals surface area contributed by atoms with E-state index in [2.05, 4.69) is 15.0 Å². The first-order chi connectivity index (χ1) is 13.5. The van der Waals surface area contributed by atoms with Crippen LogP contribution in [-0.4, -0.2) is 50.6 Å². The molecule has 0 spiro atoms. The molecule has 2 N–H and O–H groups in total. The van der Waals surface area contributed by atoms with Crippen LogP contribution in [0.2, 0.25) is 0 Å². The predicted octanol–water partition coefficient (Wildman–Crippen LogP) is 2.69. The summed E-state index contributed by atoms with van der Waals surface area (Å²) in [6.07, 6.45) is 2.39. The summed E-state index contributed by atoms with van der Waals surface area (Å²) in [7, 11) is 0.128. The van der Waals surface area contributed by atoms with Gasteiger partial charge in [0.25, 0.3) is 0 Å². The third-order valence-corrected chi connectivity index (χ3v) is 5.37. The monoisotopic (exact) mass is 403 g/mol. The Labute approximate surface area is 164 Å². The second kappa shape index (κ2) is 8.94. The lowest BCUT2D eigenvalue weighted by Crippen LogP contribution is -2.06. The maximum Gasteiger partial charge on any atom is 0.337 e.